The maximum atomic E-state index is 14.8. The van der Waals surface area contributed by atoms with E-state index in [1.54, 1.807) is 26.0 Å². The Morgan fingerprint density at radius 2 is 1.65 bits per heavy atom. The third kappa shape index (κ3) is 3.80. The van der Waals surface area contributed by atoms with Gasteiger partial charge in [0.15, 0.2) is 0 Å². The summed E-state index contributed by atoms with van der Waals surface area (Å²) in [5, 5.41) is 13.0. The fourth-order valence-corrected chi connectivity index (χ4v) is 5.97. The average Bonchev–Trinajstić information content (AvgIpc) is 3.34. The predicted molar refractivity (Wildman–Crippen MR) is 118 cm³/mol. The van der Waals surface area contributed by atoms with E-state index >= 15 is 0 Å². The van der Waals surface area contributed by atoms with Gasteiger partial charge in [-0.3, -0.25) is 0 Å². The van der Waals surface area contributed by atoms with Crippen LogP contribution in [-0.2, 0) is 35.7 Å². The summed E-state index contributed by atoms with van der Waals surface area (Å²) in [5.74, 6) is -0.149. The highest BCUT2D eigenvalue weighted by Gasteiger charge is 2.41. The van der Waals surface area contributed by atoms with Crippen LogP contribution in [0.15, 0.2) is 23.8 Å². The summed E-state index contributed by atoms with van der Waals surface area (Å²) >= 11 is 0. The monoisotopic (exact) mass is 448 g/mol. The number of allylic oxidation sites excluding steroid dienone is 1. The number of urea groups is 1. The Hall–Kier alpha value is -2.19. The molecule has 0 aliphatic heterocycles. The van der Waals surface area contributed by atoms with Gasteiger partial charge in [-0.1, -0.05) is 18.2 Å². The molecule has 3 N–H and O–H groups in total. The Labute approximate surface area is 182 Å². The van der Waals surface area contributed by atoms with Crippen LogP contribution in [0, 0.1) is 5.82 Å². The molecule has 0 saturated heterocycles. The van der Waals surface area contributed by atoms with Gasteiger partial charge in [-0.15, -0.1) is 0 Å². The highest BCUT2D eigenvalue weighted by atomic mass is 32.2. The summed E-state index contributed by atoms with van der Waals surface area (Å²) < 4.78 is 41.8. The van der Waals surface area contributed by atoms with Crippen LogP contribution in [0.1, 0.15) is 62.3 Å². The summed E-state index contributed by atoms with van der Waals surface area (Å²) in [5.41, 5.74) is 2.74. The fourth-order valence-electron chi connectivity index (χ4n) is 4.84. The highest BCUT2D eigenvalue weighted by molar-refractivity contribution is 7.91. The number of amides is 2. The number of nitrogens with one attached hydrogen (secondary N) is 2. The van der Waals surface area contributed by atoms with Crippen LogP contribution in [-0.4, -0.2) is 29.9 Å². The molecule has 1 atom stereocenters. The molecule has 3 aliphatic carbocycles. The van der Waals surface area contributed by atoms with Crippen molar-refractivity contribution in [3.63, 3.8) is 0 Å². The van der Waals surface area contributed by atoms with E-state index in [0.717, 1.165) is 24.0 Å². The Morgan fingerprint density at radius 3 is 2.19 bits per heavy atom. The van der Waals surface area contributed by atoms with Crippen molar-refractivity contribution < 1.29 is 22.7 Å². The average molecular weight is 449 g/mol. The zero-order valence-corrected chi connectivity index (χ0v) is 19.0. The molecule has 168 valence electrons. The number of hydrogen-bond donors (Lipinski definition) is 3. The van der Waals surface area contributed by atoms with Gasteiger partial charge in [-0.05, 0) is 93.5 Å². The van der Waals surface area contributed by atoms with Crippen molar-refractivity contribution in [2.24, 2.45) is 0 Å². The van der Waals surface area contributed by atoms with Crippen molar-refractivity contribution in [1.82, 2.24) is 4.72 Å². The second-order valence-corrected chi connectivity index (χ2v) is 11.6. The molecule has 0 fully saturated rings. The van der Waals surface area contributed by atoms with Gasteiger partial charge in [0.05, 0.1) is 5.60 Å². The first-order valence-electron chi connectivity index (χ1n) is 10.7. The normalized spacial score (nSPS) is 22.7. The van der Waals surface area contributed by atoms with Crippen LogP contribution in [0.4, 0.5) is 14.9 Å². The molecule has 1 aromatic rings. The van der Waals surface area contributed by atoms with Gasteiger partial charge in [0.25, 0.3) is 0 Å². The molecule has 0 spiro atoms. The molecular weight excluding hydrogens is 419 g/mol. The van der Waals surface area contributed by atoms with Gasteiger partial charge in [0.2, 0.25) is 10.0 Å². The largest absolute Gasteiger partial charge is 0.386 e. The van der Waals surface area contributed by atoms with Gasteiger partial charge >= 0.3 is 6.03 Å². The Morgan fingerprint density at radius 1 is 1.10 bits per heavy atom. The Balaban J connectivity index is 1.61. The van der Waals surface area contributed by atoms with Crippen LogP contribution in [0.5, 0.6) is 0 Å². The molecule has 3 aliphatic rings. The lowest BCUT2D eigenvalue weighted by Gasteiger charge is -2.31. The Bertz CT molecular complexity index is 1080. The predicted octanol–water partition coefficient (Wildman–Crippen LogP) is 3.67. The Kier molecular flexibility index (Phi) is 5.29. The number of fused-ring (bicyclic) bond motifs is 2. The van der Waals surface area contributed by atoms with E-state index in [1.807, 2.05) is 0 Å². The van der Waals surface area contributed by atoms with Crippen molar-refractivity contribution in [3.8, 4) is 0 Å². The first kappa shape index (κ1) is 22.0. The minimum atomic E-state index is -4.11. The summed E-state index contributed by atoms with van der Waals surface area (Å²) in [4.78, 5) is 12.8. The minimum absolute atomic E-state index is 0.149. The number of aliphatic hydroxyl groups is 1. The topological polar surface area (TPSA) is 95.5 Å². The van der Waals surface area contributed by atoms with Crippen LogP contribution in [0.2, 0.25) is 0 Å². The van der Waals surface area contributed by atoms with Crippen LogP contribution >= 0.6 is 0 Å². The van der Waals surface area contributed by atoms with Crippen molar-refractivity contribution in [3.05, 3.63) is 51.9 Å². The number of carbonyl (C=O) groups is 1. The first-order valence-corrected chi connectivity index (χ1v) is 12.2. The minimum Gasteiger partial charge on any atom is -0.386 e. The van der Waals surface area contributed by atoms with Crippen molar-refractivity contribution in [2.45, 2.75) is 76.1 Å². The lowest BCUT2D eigenvalue weighted by molar-refractivity contribution is 0.122. The van der Waals surface area contributed by atoms with E-state index in [1.165, 1.54) is 13.0 Å². The van der Waals surface area contributed by atoms with Gasteiger partial charge in [0.1, 0.15) is 10.6 Å². The van der Waals surface area contributed by atoms with E-state index < -0.39 is 26.4 Å². The molecule has 0 radical (unpaired) electrons. The molecule has 0 saturated carbocycles. The number of sulfonamides is 1. The van der Waals surface area contributed by atoms with E-state index in [9.17, 15) is 22.7 Å². The third-order valence-electron chi connectivity index (χ3n) is 6.64. The summed E-state index contributed by atoms with van der Waals surface area (Å²) in [6, 6.07) is -0.844. The SMILES string of the molecule is CC(C)(O)C1=CC(C)(S(=O)(=O)NC(=O)Nc2c3c(c(F)c4c2CCC4)CCC3)CC=C1. The number of benzene rings is 1. The lowest BCUT2D eigenvalue weighted by Crippen LogP contribution is -2.47. The maximum Gasteiger partial charge on any atom is 0.332 e. The number of anilines is 1. The number of halogens is 1. The summed E-state index contributed by atoms with van der Waals surface area (Å²) in [6.07, 6.45) is 9.30. The van der Waals surface area contributed by atoms with Gasteiger partial charge in [-0.25, -0.2) is 22.3 Å². The van der Waals surface area contributed by atoms with Gasteiger partial charge in [0, 0.05) is 5.69 Å². The maximum absolute atomic E-state index is 14.8. The third-order valence-corrected chi connectivity index (χ3v) is 8.60. The number of carbonyl (C=O) groups excluding carboxylic acids is 1. The second kappa shape index (κ2) is 7.45. The summed E-state index contributed by atoms with van der Waals surface area (Å²) in [7, 11) is -4.11. The van der Waals surface area contributed by atoms with Crippen molar-refractivity contribution in [2.75, 3.05) is 5.32 Å². The molecule has 6 nitrogen and oxygen atoms in total. The standard InChI is InChI=1S/C23H29FN2O4S/c1-22(2,28)14-7-6-12-23(3,13-14)31(29,30)26-21(27)25-20-17-10-4-8-15(17)19(24)16-9-5-11-18(16)20/h6-7,13,28H,4-5,8-12H2,1-3H3,(H2,25,26,27). The van der Waals surface area contributed by atoms with Gasteiger partial charge < -0.3 is 10.4 Å². The zero-order valence-electron chi connectivity index (χ0n) is 18.1. The lowest BCUT2D eigenvalue weighted by atomic mass is 9.88. The molecule has 0 aromatic heterocycles. The highest BCUT2D eigenvalue weighted by Crippen LogP contribution is 2.41. The number of hydrogen-bond acceptors (Lipinski definition) is 4. The van der Waals surface area contributed by atoms with E-state index in [-0.39, 0.29) is 12.2 Å². The quantitative estimate of drug-likeness (QED) is 0.655. The molecular formula is C23H29FN2O4S. The smallest absolute Gasteiger partial charge is 0.332 e. The fraction of sp³-hybridized carbons (Fsp3) is 0.522. The van der Waals surface area contributed by atoms with Crippen LogP contribution in [0.25, 0.3) is 0 Å². The molecule has 0 bridgehead atoms. The molecule has 1 aromatic carbocycles. The molecule has 2 amide bonds. The van der Waals surface area contributed by atoms with E-state index in [2.05, 4.69) is 10.0 Å². The number of rotatable bonds is 4. The first-order chi connectivity index (χ1) is 14.4. The van der Waals surface area contributed by atoms with E-state index in [0.29, 0.717) is 48.1 Å². The van der Waals surface area contributed by atoms with Crippen LogP contribution in [0.3, 0.4) is 0 Å². The molecule has 4 rings (SSSR count). The zero-order chi connectivity index (χ0) is 22.6. The van der Waals surface area contributed by atoms with Crippen molar-refractivity contribution >= 4 is 21.7 Å². The molecule has 8 heteroatoms. The van der Waals surface area contributed by atoms with E-state index in [4.69, 9.17) is 0 Å². The molecule has 0 heterocycles. The molecule has 1 unspecified atom stereocenters. The van der Waals surface area contributed by atoms with Crippen molar-refractivity contribution in [1.29, 1.82) is 0 Å². The second-order valence-electron chi connectivity index (χ2n) is 9.45. The van der Waals surface area contributed by atoms with Gasteiger partial charge in [-0.2, -0.15) is 0 Å². The summed E-state index contributed by atoms with van der Waals surface area (Å²) in [6.45, 7) is 4.68. The molecule has 31 heavy (non-hydrogen) atoms. The van der Waals surface area contributed by atoms with Crippen LogP contribution < -0.4 is 10.0 Å².